The maximum Gasteiger partial charge on any atom is 0.163 e. The van der Waals surface area contributed by atoms with Crippen molar-refractivity contribution < 1.29 is 68.6 Å². The van der Waals surface area contributed by atoms with Gasteiger partial charge in [-0.2, -0.15) is 0 Å². The number of unbranched alkanes of at least 4 members (excludes halogenated alkanes) is 8. The van der Waals surface area contributed by atoms with Crippen molar-refractivity contribution in [1.82, 2.24) is 0 Å². The third kappa shape index (κ3) is 17.1. The first-order chi connectivity index (χ1) is 24.1. The highest BCUT2D eigenvalue weighted by Gasteiger charge is 2.43. The van der Waals surface area contributed by atoms with Gasteiger partial charge in [-0.05, 0) is 25.7 Å². The Morgan fingerprint density at radius 1 is 0.480 bits per heavy atom. The zero-order valence-electron chi connectivity index (χ0n) is 30.3. The zero-order chi connectivity index (χ0) is 36.7. The van der Waals surface area contributed by atoms with Gasteiger partial charge in [-0.25, -0.2) is 0 Å². The van der Waals surface area contributed by atoms with Gasteiger partial charge in [0.15, 0.2) is 12.6 Å². The van der Waals surface area contributed by atoms with E-state index >= 15 is 0 Å². The molecule has 0 bridgehead atoms. The Morgan fingerprint density at radius 2 is 0.840 bits per heavy atom. The lowest BCUT2D eigenvalue weighted by molar-refractivity contribution is -0.282. The van der Waals surface area contributed by atoms with Gasteiger partial charge < -0.3 is 59.1 Å². The molecule has 0 saturated carbocycles. The van der Waals surface area contributed by atoms with Crippen LogP contribution in [0.25, 0.3) is 0 Å². The Morgan fingerprint density at radius 3 is 1.22 bits per heavy atom. The molecule has 0 amide bonds. The summed E-state index contributed by atoms with van der Waals surface area (Å²) in [5, 5.41) is 58.6. The van der Waals surface area contributed by atoms with E-state index in [2.05, 4.69) is 0 Å². The van der Waals surface area contributed by atoms with Crippen LogP contribution in [0.15, 0.2) is 0 Å². The monoisotopic (exact) mass is 722 g/mol. The SMILES string of the molecule is C[C@H]1C(O)[C@@H](O)C(CO)O[C@H]1OCCCCCCCC(=O)CCOCCOCCC(=O)CCCCCCCO[C@@H]1OC(CO)[C@H](O)C(O)[C@@H]1C. The van der Waals surface area contributed by atoms with Gasteiger partial charge in [0.25, 0.3) is 0 Å². The minimum atomic E-state index is -1.13. The summed E-state index contributed by atoms with van der Waals surface area (Å²) in [6, 6.07) is 0. The lowest BCUT2D eigenvalue weighted by Crippen LogP contribution is -2.55. The van der Waals surface area contributed by atoms with Crippen LogP contribution in [0.1, 0.15) is 104 Å². The van der Waals surface area contributed by atoms with E-state index < -0.39 is 61.0 Å². The molecule has 10 atom stereocenters. The van der Waals surface area contributed by atoms with Gasteiger partial charge in [0, 0.05) is 50.7 Å². The third-order valence-electron chi connectivity index (χ3n) is 9.56. The van der Waals surface area contributed by atoms with E-state index in [1.54, 1.807) is 13.8 Å². The van der Waals surface area contributed by atoms with Crippen molar-refractivity contribution in [2.75, 3.05) is 52.9 Å². The number of ketones is 2. The van der Waals surface area contributed by atoms with Crippen molar-refractivity contribution in [3.05, 3.63) is 0 Å². The second-order valence-corrected chi connectivity index (χ2v) is 13.7. The summed E-state index contributed by atoms with van der Waals surface area (Å²) in [5.41, 5.74) is 0. The first-order valence-corrected chi connectivity index (χ1v) is 18.8. The molecule has 0 aliphatic carbocycles. The molecule has 2 aliphatic heterocycles. The molecular weight excluding hydrogens is 656 g/mol. The predicted octanol–water partition coefficient (Wildman–Crippen LogP) is 1.80. The van der Waals surface area contributed by atoms with Crippen LogP contribution in [0.2, 0.25) is 0 Å². The fourth-order valence-electron chi connectivity index (χ4n) is 6.07. The normalized spacial score (nSPS) is 30.1. The first kappa shape index (κ1) is 45.0. The summed E-state index contributed by atoms with van der Waals surface area (Å²) >= 11 is 0. The number of Topliss-reactive ketones (excluding diaryl/α,β-unsaturated/α-hetero) is 2. The molecule has 0 radical (unpaired) electrons. The van der Waals surface area contributed by atoms with Crippen molar-refractivity contribution in [2.45, 2.75) is 153 Å². The Balaban J connectivity index is 1.31. The maximum atomic E-state index is 12.1. The van der Waals surface area contributed by atoms with E-state index in [0.29, 0.717) is 65.3 Å². The quantitative estimate of drug-likeness (QED) is 0.0609. The first-order valence-electron chi connectivity index (χ1n) is 18.8. The molecule has 2 aliphatic rings. The van der Waals surface area contributed by atoms with Crippen molar-refractivity contribution in [1.29, 1.82) is 0 Å². The number of carbonyl (C=O) groups is 2. The van der Waals surface area contributed by atoms with Gasteiger partial charge >= 0.3 is 0 Å². The Kier molecular flexibility index (Phi) is 23.9. The number of carbonyl (C=O) groups excluding carboxylic acids is 2. The van der Waals surface area contributed by atoms with Gasteiger partial charge in [-0.3, -0.25) is 9.59 Å². The van der Waals surface area contributed by atoms with Crippen LogP contribution in [-0.2, 0) is 38.0 Å². The highest BCUT2D eigenvalue weighted by Crippen LogP contribution is 2.28. The van der Waals surface area contributed by atoms with Crippen molar-refractivity contribution in [2.24, 2.45) is 11.8 Å². The molecule has 0 aromatic heterocycles. The van der Waals surface area contributed by atoms with E-state index in [9.17, 15) is 40.2 Å². The second-order valence-electron chi connectivity index (χ2n) is 13.7. The molecule has 2 heterocycles. The van der Waals surface area contributed by atoms with Gasteiger partial charge in [0.1, 0.15) is 36.0 Å². The lowest BCUT2D eigenvalue weighted by atomic mass is 9.92. The smallest absolute Gasteiger partial charge is 0.163 e. The minimum Gasteiger partial charge on any atom is -0.394 e. The molecule has 14 nitrogen and oxygen atoms in total. The van der Waals surface area contributed by atoms with Crippen LogP contribution in [0, 0.1) is 11.8 Å². The largest absolute Gasteiger partial charge is 0.394 e. The summed E-state index contributed by atoms with van der Waals surface area (Å²) in [6.45, 7) is 5.13. The molecule has 4 unspecified atom stereocenters. The lowest BCUT2D eigenvalue weighted by Gasteiger charge is -2.40. The molecule has 0 aromatic carbocycles. The van der Waals surface area contributed by atoms with E-state index in [1.807, 2.05) is 0 Å². The molecular formula is C36H66O14. The third-order valence-corrected chi connectivity index (χ3v) is 9.56. The number of ether oxygens (including phenoxy) is 6. The van der Waals surface area contributed by atoms with Crippen LogP contribution >= 0.6 is 0 Å². The van der Waals surface area contributed by atoms with Gasteiger partial charge in [-0.15, -0.1) is 0 Å². The number of aliphatic hydroxyl groups excluding tert-OH is 6. The number of hydrogen-bond acceptors (Lipinski definition) is 14. The van der Waals surface area contributed by atoms with Crippen LogP contribution < -0.4 is 0 Å². The van der Waals surface area contributed by atoms with Crippen molar-refractivity contribution >= 4 is 11.6 Å². The summed E-state index contributed by atoms with van der Waals surface area (Å²) in [5.74, 6) is -0.427. The van der Waals surface area contributed by atoms with Crippen molar-refractivity contribution in [3.63, 3.8) is 0 Å². The second kappa shape index (κ2) is 26.6. The van der Waals surface area contributed by atoms with Gasteiger partial charge in [0.05, 0.1) is 51.8 Å². The molecule has 2 saturated heterocycles. The average Bonchev–Trinajstić information content (AvgIpc) is 3.11. The van der Waals surface area contributed by atoms with E-state index in [4.69, 9.17) is 28.4 Å². The zero-order valence-corrected chi connectivity index (χ0v) is 30.3. The van der Waals surface area contributed by atoms with Crippen LogP contribution in [0.4, 0.5) is 0 Å². The summed E-state index contributed by atoms with van der Waals surface area (Å²) in [4.78, 5) is 24.2. The number of rotatable bonds is 29. The fraction of sp³-hybridized carbons (Fsp3) is 0.944. The molecule has 14 heteroatoms. The van der Waals surface area contributed by atoms with E-state index in [0.717, 1.165) is 64.2 Å². The highest BCUT2D eigenvalue weighted by atomic mass is 16.7. The standard InChI is InChI=1S/C36H66O14/c1-25-31(41)33(43)29(23-37)49-35(25)47-17-11-7-3-5-9-13-27(39)15-19-45-21-22-46-20-16-28(40)14-10-6-4-8-12-18-48-36-26(2)32(42)34(44)30(24-38)50-36/h25-26,29-38,41-44H,3-24H2,1-2H3/t25-,26-,29?,30?,31?,32?,33-,34-,35+,36+/m0/s1. The Bertz CT molecular complexity index is 819. The Hall–Kier alpha value is -1.14. The predicted molar refractivity (Wildman–Crippen MR) is 182 cm³/mol. The molecule has 294 valence electrons. The topological polar surface area (TPSA) is 211 Å². The van der Waals surface area contributed by atoms with Crippen LogP contribution in [-0.4, -0.2) is 144 Å². The van der Waals surface area contributed by atoms with Crippen LogP contribution in [0.3, 0.4) is 0 Å². The molecule has 2 fully saturated rings. The summed E-state index contributed by atoms with van der Waals surface area (Å²) in [7, 11) is 0. The highest BCUT2D eigenvalue weighted by molar-refractivity contribution is 5.78. The van der Waals surface area contributed by atoms with E-state index in [-0.39, 0.29) is 24.8 Å². The van der Waals surface area contributed by atoms with Gasteiger partial charge in [-0.1, -0.05) is 52.4 Å². The minimum absolute atomic E-state index is 0.179. The summed E-state index contributed by atoms with van der Waals surface area (Å²) < 4.78 is 33.6. The number of aliphatic hydroxyl groups is 6. The molecule has 50 heavy (non-hydrogen) atoms. The molecule has 2 rings (SSSR count). The fourth-order valence-corrected chi connectivity index (χ4v) is 6.07. The maximum absolute atomic E-state index is 12.1. The van der Waals surface area contributed by atoms with Crippen molar-refractivity contribution in [3.8, 4) is 0 Å². The summed E-state index contributed by atoms with van der Waals surface area (Å²) in [6.07, 6.45) is 3.59. The average molecular weight is 723 g/mol. The van der Waals surface area contributed by atoms with Crippen LogP contribution in [0.5, 0.6) is 0 Å². The molecule has 0 aromatic rings. The molecule has 0 spiro atoms. The molecule has 6 N–H and O–H groups in total. The Labute approximate surface area is 297 Å². The van der Waals surface area contributed by atoms with E-state index in [1.165, 1.54) is 0 Å². The van der Waals surface area contributed by atoms with Gasteiger partial charge in [0.2, 0.25) is 0 Å². The number of hydrogen-bond donors (Lipinski definition) is 6.